The minimum atomic E-state index is -0.289. The molecule has 1 aliphatic rings. The molecular formula is C30H42N2O2. The van der Waals surface area contributed by atoms with Gasteiger partial charge in [0.15, 0.2) is 5.78 Å². The molecule has 4 nitrogen and oxygen atoms in total. The molecule has 4 heteroatoms. The Morgan fingerprint density at radius 2 is 1.59 bits per heavy atom. The second-order valence-corrected chi connectivity index (χ2v) is 11.9. The highest BCUT2D eigenvalue weighted by Crippen LogP contribution is 2.40. The van der Waals surface area contributed by atoms with Crippen LogP contribution in [-0.4, -0.2) is 34.2 Å². The highest BCUT2D eigenvalue weighted by Gasteiger charge is 2.37. The third-order valence-corrected chi connectivity index (χ3v) is 7.01. The first-order chi connectivity index (χ1) is 15.8. The minimum Gasteiger partial charge on any atom is -0.507 e. The highest BCUT2D eigenvalue weighted by atomic mass is 16.3. The molecule has 0 bridgehead atoms. The zero-order valence-electron chi connectivity index (χ0n) is 22.0. The van der Waals surface area contributed by atoms with Gasteiger partial charge in [0.05, 0.1) is 12.4 Å². The summed E-state index contributed by atoms with van der Waals surface area (Å²) in [6.07, 6.45) is 3.78. The number of ketones is 1. The van der Waals surface area contributed by atoms with Crippen molar-refractivity contribution in [2.45, 2.75) is 91.0 Å². The van der Waals surface area contributed by atoms with E-state index in [0.717, 1.165) is 36.8 Å². The van der Waals surface area contributed by atoms with Crippen molar-refractivity contribution >= 4 is 11.6 Å². The van der Waals surface area contributed by atoms with Crippen LogP contribution in [0.2, 0.25) is 0 Å². The van der Waals surface area contributed by atoms with Crippen LogP contribution in [0.1, 0.15) is 94.8 Å². The summed E-state index contributed by atoms with van der Waals surface area (Å²) in [5, 5.41) is 19.9. The molecule has 1 fully saturated rings. The largest absolute Gasteiger partial charge is 0.507 e. The number of likely N-dealkylation sites (tertiary alicyclic amines) is 1. The number of phenols is 1. The van der Waals surface area contributed by atoms with Gasteiger partial charge in [-0.25, -0.2) is 0 Å². The maximum Gasteiger partial charge on any atom is 0.182 e. The molecule has 0 spiro atoms. The zero-order valence-corrected chi connectivity index (χ0v) is 22.0. The molecule has 2 atom stereocenters. The Kier molecular flexibility index (Phi) is 7.59. The number of phenolic OH excluding ortho intramolecular Hbond substituents is 1. The molecule has 1 heterocycles. The molecule has 2 N–H and O–H groups in total. The first-order valence-corrected chi connectivity index (χ1v) is 12.6. The van der Waals surface area contributed by atoms with Crippen LogP contribution in [-0.2, 0) is 17.3 Å². The van der Waals surface area contributed by atoms with Crippen LogP contribution in [0, 0.1) is 11.3 Å². The third-order valence-electron chi connectivity index (χ3n) is 7.01. The maximum absolute atomic E-state index is 13.7. The molecule has 2 aromatic carbocycles. The lowest BCUT2D eigenvalue weighted by Gasteiger charge is -2.29. The normalized spacial score (nSPS) is 19.0. The second-order valence-electron chi connectivity index (χ2n) is 11.9. The van der Waals surface area contributed by atoms with E-state index in [1.54, 1.807) is 0 Å². The van der Waals surface area contributed by atoms with Gasteiger partial charge in [0.2, 0.25) is 0 Å². The fourth-order valence-corrected chi connectivity index (χ4v) is 5.08. The van der Waals surface area contributed by atoms with Crippen LogP contribution >= 0.6 is 0 Å². The standard InChI is InChI=1S/C30H42N2O2/c1-8-12-21-16-23(15-20-13-10-9-11-14-20)32(28(21)31)19-26(33)22-17-24(29(2,3)4)27(34)25(18-22)30(5,6)7/h9-11,13-14,17-18,21,23,31,34H,8,12,15-16,19H2,1-7H3/t21-,23+/m0/s1. The minimum absolute atomic E-state index is 0.0101. The topological polar surface area (TPSA) is 64.4 Å². The molecule has 1 aliphatic heterocycles. The Morgan fingerprint density at radius 3 is 2.09 bits per heavy atom. The fourth-order valence-electron chi connectivity index (χ4n) is 5.08. The number of rotatable bonds is 7. The lowest BCUT2D eigenvalue weighted by atomic mass is 9.78. The first kappa shape index (κ1) is 26.0. The van der Waals surface area contributed by atoms with E-state index in [1.807, 2.05) is 35.2 Å². The number of Topliss-reactive ketones (excluding diaryl/α,β-unsaturated/α-hetero) is 1. The summed E-state index contributed by atoms with van der Waals surface area (Å²) in [5.74, 6) is 1.11. The summed E-state index contributed by atoms with van der Waals surface area (Å²) in [7, 11) is 0. The number of nitrogens with zero attached hydrogens (tertiary/aromatic N) is 1. The van der Waals surface area contributed by atoms with Crippen molar-refractivity contribution in [2.24, 2.45) is 5.92 Å². The van der Waals surface area contributed by atoms with E-state index < -0.39 is 0 Å². The van der Waals surface area contributed by atoms with Crippen molar-refractivity contribution in [1.29, 1.82) is 5.41 Å². The van der Waals surface area contributed by atoms with E-state index in [0.29, 0.717) is 11.4 Å². The maximum atomic E-state index is 13.7. The number of amidine groups is 1. The smallest absolute Gasteiger partial charge is 0.182 e. The molecule has 0 aromatic heterocycles. The average molecular weight is 463 g/mol. The molecule has 34 heavy (non-hydrogen) atoms. The number of nitrogens with one attached hydrogen (secondary N) is 1. The highest BCUT2D eigenvalue weighted by molar-refractivity contribution is 6.01. The number of hydrogen-bond acceptors (Lipinski definition) is 3. The Labute approximate surface area is 205 Å². The van der Waals surface area contributed by atoms with E-state index in [2.05, 4.69) is 60.6 Å². The van der Waals surface area contributed by atoms with Gasteiger partial charge in [0.25, 0.3) is 0 Å². The van der Waals surface area contributed by atoms with Crippen molar-refractivity contribution in [2.75, 3.05) is 6.54 Å². The zero-order chi connectivity index (χ0) is 25.3. The monoisotopic (exact) mass is 462 g/mol. The van der Waals surface area contributed by atoms with Gasteiger partial charge in [-0.1, -0.05) is 85.2 Å². The molecule has 0 unspecified atom stereocenters. The Morgan fingerprint density at radius 1 is 1.03 bits per heavy atom. The van der Waals surface area contributed by atoms with Crippen molar-refractivity contribution in [3.8, 4) is 5.75 Å². The molecule has 0 saturated carbocycles. The summed E-state index contributed by atoms with van der Waals surface area (Å²) in [6, 6.07) is 14.2. The van der Waals surface area contributed by atoms with Gasteiger partial charge in [-0.3, -0.25) is 10.2 Å². The molecule has 0 aliphatic carbocycles. The van der Waals surface area contributed by atoms with Gasteiger partial charge in [-0.05, 0) is 47.8 Å². The second kappa shape index (κ2) is 9.93. The van der Waals surface area contributed by atoms with Gasteiger partial charge in [0, 0.05) is 28.7 Å². The van der Waals surface area contributed by atoms with E-state index in [4.69, 9.17) is 5.41 Å². The van der Waals surface area contributed by atoms with Crippen LogP contribution in [0.25, 0.3) is 0 Å². The predicted molar refractivity (Wildman–Crippen MR) is 141 cm³/mol. The molecule has 3 rings (SSSR count). The SMILES string of the molecule is CCC[C@H]1C[C@@H](Cc2ccccc2)N(CC(=O)c2cc(C(C)(C)C)c(O)c(C(C)(C)C)c2)C1=N. The Balaban J connectivity index is 1.94. The quantitative estimate of drug-likeness (QED) is 0.441. The average Bonchev–Trinajstić information content (AvgIpc) is 3.02. The summed E-state index contributed by atoms with van der Waals surface area (Å²) in [4.78, 5) is 15.7. The number of benzene rings is 2. The van der Waals surface area contributed by atoms with Gasteiger partial charge in [0.1, 0.15) is 5.75 Å². The first-order valence-electron chi connectivity index (χ1n) is 12.6. The van der Waals surface area contributed by atoms with Crippen LogP contribution in [0.3, 0.4) is 0 Å². The van der Waals surface area contributed by atoms with Gasteiger partial charge in [-0.2, -0.15) is 0 Å². The summed E-state index contributed by atoms with van der Waals surface area (Å²) >= 11 is 0. The van der Waals surface area contributed by atoms with Crippen molar-refractivity contribution in [1.82, 2.24) is 4.90 Å². The summed E-state index contributed by atoms with van der Waals surface area (Å²) in [5.41, 5.74) is 2.88. The molecular weight excluding hydrogens is 420 g/mol. The van der Waals surface area contributed by atoms with Crippen molar-refractivity contribution < 1.29 is 9.90 Å². The van der Waals surface area contributed by atoms with Crippen LogP contribution in [0.4, 0.5) is 0 Å². The van der Waals surface area contributed by atoms with Crippen LogP contribution in [0.15, 0.2) is 42.5 Å². The molecule has 2 aromatic rings. The molecule has 0 amide bonds. The van der Waals surface area contributed by atoms with Crippen molar-refractivity contribution in [3.05, 3.63) is 64.7 Å². The van der Waals surface area contributed by atoms with Gasteiger partial charge in [-0.15, -0.1) is 0 Å². The molecule has 0 radical (unpaired) electrons. The van der Waals surface area contributed by atoms with Crippen molar-refractivity contribution in [3.63, 3.8) is 0 Å². The molecule has 1 saturated heterocycles. The summed E-state index contributed by atoms with van der Waals surface area (Å²) < 4.78 is 0. The predicted octanol–water partition coefficient (Wildman–Crippen LogP) is 6.88. The van der Waals surface area contributed by atoms with Crippen LogP contribution < -0.4 is 0 Å². The van der Waals surface area contributed by atoms with E-state index in [-0.39, 0.29) is 40.9 Å². The fraction of sp³-hybridized carbons (Fsp3) is 0.533. The van der Waals surface area contributed by atoms with E-state index >= 15 is 0 Å². The lowest BCUT2D eigenvalue weighted by molar-refractivity contribution is 0.0951. The number of aromatic hydroxyl groups is 1. The van der Waals surface area contributed by atoms with E-state index in [9.17, 15) is 9.90 Å². The molecule has 184 valence electrons. The summed E-state index contributed by atoms with van der Waals surface area (Å²) in [6.45, 7) is 14.7. The Bertz CT molecular complexity index is 993. The number of hydrogen-bond donors (Lipinski definition) is 2. The Hall–Kier alpha value is -2.62. The number of carbonyl (C=O) groups excluding carboxylic acids is 1. The third kappa shape index (κ3) is 5.71. The lowest BCUT2D eigenvalue weighted by Crippen LogP contribution is -2.39. The number of carbonyl (C=O) groups is 1. The van der Waals surface area contributed by atoms with Crippen LogP contribution in [0.5, 0.6) is 5.75 Å². The van der Waals surface area contributed by atoms with E-state index in [1.165, 1.54) is 5.56 Å². The van der Waals surface area contributed by atoms with Gasteiger partial charge < -0.3 is 10.0 Å². The van der Waals surface area contributed by atoms with Gasteiger partial charge >= 0.3 is 0 Å².